The number of hydrogen-bond acceptors (Lipinski definition) is 4. The van der Waals surface area contributed by atoms with Gasteiger partial charge in [-0.2, -0.15) is 13.2 Å². The van der Waals surface area contributed by atoms with Crippen LogP contribution in [0, 0.1) is 6.92 Å². The van der Waals surface area contributed by atoms with Gasteiger partial charge in [-0.05, 0) is 43.3 Å². The Balaban J connectivity index is 1.99. The Bertz CT molecular complexity index is 1380. The third kappa shape index (κ3) is 3.76. The summed E-state index contributed by atoms with van der Waals surface area (Å²) in [6.07, 6.45) is -2.20. The SMILES string of the molecule is COc1ccc2c(-c3cc(C(F)(F)F)ccn3)cn(S(=O)(=O)c3ccc(C)cc3)c2c1. The molecular weight excluding hydrogens is 429 g/mol. The maximum absolute atomic E-state index is 13.4. The molecule has 0 saturated heterocycles. The average Bonchev–Trinajstić information content (AvgIpc) is 3.13. The lowest BCUT2D eigenvalue weighted by molar-refractivity contribution is -0.137. The van der Waals surface area contributed by atoms with E-state index < -0.39 is 21.8 Å². The topological polar surface area (TPSA) is 61.2 Å². The molecule has 0 N–H and O–H groups in total. The molecule has 31 heavy (non-hydrogen) atoms. The van der Waals surface area contributed by atoms with Crippen molar-refractivity contribution in [3.8, 4) is 17.0 Å². The first kappa shape index (κ1) is 20.9. The number of ether oxygens (including phenoxy) is 1. The molecule has 0 aliphatic carbocycles. The van der Waals surface area contributed by atoms with Gasteiger partial charge in [-0.15, -0.1) is 0 Å². The van der Waals surface area contributed by atoms with Gasteiger partial charge in [-0.25, -0.2) is 12.4 Å². The molecule has 0 spiro atoms. The molecule has 4 rings (SSSR count). The maximum Gasteiger partial charge on any atom is 0.416 e. The summed E-state index contributed by atoms with van der Waals surface area (Å²) in [5, 5.41) is 0.434. The van der Waals surface area contributed by atoms with E-state index >= 15 is 0 Å². The van der Waals surface area contributed by atoms with Crippen LogP contribution in [0.2, 0.25) is 0 Å². The van der Waals surface area contributed by atoms with Crippen molar-refractivity contribution in [1.29, 1.82) is 0 Å². The fourth-order valence-corrected chi connectivity index (χ4v) is 4.65. The highest BCUT2D eigenvalue weighted by Crippen LogP contribution is 2.36. The minimum atomic E-state index is -4.55. The summed E-state index contributed by atoms with van der Waals surface area (Å²) in [6.45, 7) is 1.84. The van der Waals surface area contributed by atoms with E-state index in [1.165, 1.54) is 31.5 Å². The summed E-state index contributed by atoms with van der Waals surface area (Å²) >= 11 is 0. The number of pyridine rings is 1. The lowest BCUT2D eigenvalue weighted by atomic mass is 10.1. The molecule has 2 aromatic heterocycles. The Morgan fingerprint density at radius 3 is 2.35 bits per heavy atom. The lowest BCUT2D eigenvalue weighted by Crippen LogP contribution is -2.11. The van der Waals surface area contributed by atoms with Gasteiger partial charge >= 0.3 is 6.18 Å². The molecule has 0 bridgehead atoms. The normalized spacial score (nSPS) is 12.3. The number of alkyl halides is 3. The molecule has 0 aliphatic rings. The van der Waals surface area contributed by atoms with Crippen LogP contribution in [-0.2, 0) is 16.2 Å². The van der Waals surface area contributed by atoms with Gasteiger partial charge in [0, 0.05) is 29.4 Å². The Morgan fingerprint density at radius 1 is 1.00 bits per heavy atom. The predicted octanol–water partition coefficient (Wildman–Crippen LogP) is 5.28. The Hall–Kier alpha value is -3.33. The largest absolute Gasteiger partial charge is 0.497 e. The molecule has 0 saturated carbocycles. The van der Waals surface area contributed by atoms with Crippen molar-refractivity contribution in [3.63, 3.8) is 0 Å². The highest BCUT2D eigenvalue weighted by atomic mass is 32.2. The molecule has 4 aromatic rings. The first-order chi connectivity index (χ1) is 14.6. The lowest BCUT2D eigenvalue weighted by Gasteiger charge is -2.08. The zero-order valence-electron chi connectivity index (χ0n) is 16.5. The van der Waals surface area contributed by atoms with E-state index in [1.54, 1.807) is 24.3 Å². The Labute approximate surface area is 176 Å². The van der Waals surface area contributed by atoms with Gasteiger partial charge in [0.05, 0.1) is 28.8 Å². The molecule has 0 atom stereocenters. The molecule has 9 heteroatoms. The van der Waals surface area contributed by atoms with Crippen LogP contribution in [0.5, 0.6) is 5.75 Å². The van der Waals surface area contributed by atoms with E-state index in [0.29, 0.717) is 11.1 Å². The molecule has 0 fully saturated rings. The summed E-state index contributed by atoms with van der Waals surface area (Å²) in [6, 6.07) is 12.8. The van der Waals surface area contributed by atoms with Crippen LogP contribution in [0.25, 0.3) is 22.2 Å². The van der Waals surface area contributed by atoms with Crippen molar-refractivity contribution in [2.75, 3.05) is 7.11 Å². The minimum Gasteiger partial charge on any atom is -0.497 e. The Kier molecular flexibility index (Phi) is 5.01. The number of aryl methyl sites for hydroxylation is 1. The second-order valence-electron chi connectivity index (χ2n) is 6.97. The smallest absolute Gasteiger partial charge is 0.416 e. The van der Waals surface area contributed by atoms with Crippen molar-refractivity contribution in [2.24, 2.45) is 0 Å². The van der Waals surface area contributed by atoms with Crippen molar-refractivity contribution in [2.45, 2.75) is 18.0 Å². The molecule has 0 amide bonds. The number of hydrogen-bond donors (Lipinski definition) is 0. The van der Waals surface area contributed by atoms with Gasteiger partial charge in [-0.1, -0.05) is 17.7 Å². The van der Waals surface area contributed by atoms with Gasteiger partial charge in [0.1, 0.15) is 5.75 Å². The number of halogens is 3. The molecular formula is C22H17F3N2O3S. The third-order valence-corrected chi connectivity index (χ3v) is 6.61. The number of nitrogens with zero attached hydrogens (tertiary/aromatic N) is 2. The van der Waals surface area contributed by atoms with E-state index in [4.69, 9.17) is 4.74 Å². The highest BCUT2D eigenvalue weighted by molar-refractivity contribution is 7.90. The standard InChI is InChI=1S/C22H17F3N2O3S/c1-14-3-6-17(7-4-14)31(28,29)27-13-19(18-8-5-16(30-2)12-21(18)27)20-11-15(9-10-26-20)22(23,24)25/h3-13H,1-2H3. The van der Waals surface area contributed by atoms with Gasteiger partial charge in [-0.3, -0.25) is 4.98 Å². The maximum atomic E-state index is 13.4. The van der Waals surface area contributed by atoms with Crippen molar-refractivity contribution in [3.05, 3.63) is 78.1 Å². The van der Waals surface area contributed by atoms with Gasteiger partial charge in [0.15, 0.2) is 0 Å². The van der Waals surface area contributed by atoms with Gasteiger partial charge < -0.3 is 4.74 Å². The van der Waals surface area contributed by atoms with Crippen LogP contribution in [0.15, 0.2) is 71.9 Å². The van der Waals surface area contributed by atoms with E-state index in [0.717, 1.165) is 27.9 Å². The van der Waals surface area contributed by atoms with Crippen LogP contribution >= 0.6 is 0 Å². The first-order valence-corrected chi connectivity index (χ1v) is 10.6. The van der Waals surface area contributed by atoms with Crippen LogP contribution in [0.3, 0.4) is 0 Å². The summed E-state index contributed by atoms with van der Waals surface area (Å²) in [5.41, 5.74) is 0.580. The molecule has 2 aromatic carbocycles. The average molecular weight is 446 g/mol. The second kappa shape index (κ2) is 7.42. The summed E-state index contributed by atoms with van der Waals surface area (Å²) < 4.78 is 72.6. The monoisotopic (exact) mass is 446 g/mol. The molecule has 160 valence electrons. The summed E-state index contributed by atoms with van der Waals surface area (Å²) in [4.78, 5) is 4.11. The summed E-state index contributed by atoms with van der Waals surface area (Å²) in [7, 11) is -2.58. The quantitative estimate of drug-likeness (QED) is 0.428. The third-order valence-electron chi connectivity index (χ3n) is 4.92. The molecule has 2 heterocycles. The van der Waals surface area contributed by atoms with Gasteiger partial charge in [0.2, 0.25) is 0 Å². The van der Waals surface area contributed by atoms with E-state index in [9.17, 15) is 21.6 Å². The number of benzene rings is 2. The minimum absolute atomic E-state index is 0.0165. The summed E-state index contributed by atoms with van der Waals surface area (Å²) in [5.74, 6) is 0.412. The van der Waals surface area contributed by atoms with Crippen LogP contribution in [0.1, 0.15) is 11.1 Å². The van der Waals surface area contributed by atoms with Crippen molar-refractivity contribution in [1.82, 2.24) is 8.96 Å². The zero-order chi connectivity index (χ0) is 22.4. The van der Waals surface area contributed by atoms with Crippen molar-refractivity contribution >= 4 is 20.9 Å². The molecule has 5 nitrogen and oxygen atoms in total. The zero-order valence-corrected chi connectivity index (χ0v) is 17.3. The van der Waals surface area contributed by atoms with E-state index in [1.807, 2.05) is 6.92 Å². The molecule has 0 unspecified atom stereocenters. The van der Waals surface area contributed by atoms with Gasteiger partial charge in [0.25, 0.3) is 10.0 Å². The number of rotatable bonds is 4. The van der Waals surface area contributed by atoms with E-state index in [-0.39, 0.29) is 21.7 Å². The highest BCUT2D eigenvalue weighted by Gasteiger charge is 2.31. The Morgan fingerprint density at radius 2 is 1.71 bits per heavy atom. The van der Waals surface area contributed by atoms with Crippen LogP contribution < -0.4 is 4.74 Å². The molecule has 0 radical (unpaired) electrons. The number of aromatic nitrogens is 2. The first-order valence-electron chi connectivity index (χ1n) is 9.16. The fourth-order valence-electron chi connectivity index (χ4n) is 3.29. The van der Waals surface area contributed by atoms with Crippen molar-refractivity contribution < 1.29 is 26.3 Å². The number of methoxy groups -OCH3 is 1. The van der Waals surface area contributed by atoms with Crippen LogP contribution in [0.4, 0.5) is 13.2 Å². The van der Waals surface area contributed by atoms with Crippen LogP contribution in [-0.4, -0.2) is 24.5 Å². The fraction of sp³-hybridized carbons (Fsp3) is 0.136. The predicted molar refractivity (Wildman–Crippen MR) is 110 cm³/mol. The van der Waals surface area contributed by atoms with E-state index in [2.05, 4.69) is 4.98 Å². The second-order valence-corrected chi connectivity index (χ2v) is 8.78. The molecule has 0 aliphatic heterocycles. The number of fused-ring (bicyclic) bond motifs is 1.